The Hall–Kier alpha value is -0.660. The summed E-state index contributed by atoms with van der Waals surface area (Å²) in [7, 11) is 4.96. The Bertz CT molecular complexity index is 382. The van der Waals surface area contributed by atoms with Crippen molar-refractivity contribution >= 4 is 28.5 Å². The van der Waals surface area contributed by atoms with Crippen molar-refractivity contribution in [3.63, 3.8) is 0 Å². The van der Waals surface area contributed by atoms with Gasteiger partial charge in [-0.1, -0.05) is 6.07 Å². The standard InChI is InChI=1S/C11H15IN2O2/c1-13-7-9-5-4-8(6-10(9)12)11(15)14(2)16-3/h4-6,13H,7H2,1-3H3. The minimum atomic E-state index is -0.142. The topological polar surface area (TPSA) is 41.6 Å². The van der Waals surface area contributed by atoms with E-state index in [1.807, 2.05) is 25.2 Å². The van der Waals surface area contributed by atoms with E-state index >= 15 is 0 Å². The van der Waals surface area contributed by atoms with E-state index < -0.39 is 0 Å². The SMILES string of the molecule is CNCc1ccc(C(=O)N(C)OC)cc1I. The first-order valence-electron chi connectivity index (χ1n) is 4.85. The van der Waals surface area contributed by atoms with Crippen molar-refractivity contribution < 1.29 is 9.63 Å². The van der Waals surface area contributed by atoms with Gasteiger partial charge in [-0.15, -0.1) is 0 Å². The molecule has 16 heavy (non-hydrogen) atoms. The molecule has 0 atom stereocenters. The van der Waals surface area contributed by atoms with E-state index in [2.05, 4.69) is 27.9 Å². The Morgan fingerprint density at radius 2 is 2.25 bits per heavy atom. The summed E-state index contributed by atoms with van der Waals surface area (Å²) in [6, 6.07) is 5.63. The van der Waals surface area contributed by atoms with Crippen molar-refractivity contribution in [3.8, 4) is 0 Å². The average Bonchev–Trinajstić information content (AvgIpc) is 2.30. The van der Waals surface area contributed by atoms with Gasteiger partial charge in [-0.05, 0) is 47.3 Å². The molecule has 0 spiro atoms. The number of benzene rings is 1. The predicted octanol–water partition coefficient (Wildman–Crippen LogP) is 1.64. The highest BCUT2D eigenvalue weighted by Crippen LogP contribution is 2.15. The van der Waals surface area contributed by atoms with Crippen LogP contribution >= 0.6 is 22.6 Å². The Balaban J connectivity index is 2.92. The largest absolute Gasteiger partial charge is 0.316 e. The maximum Gasteiger partial charge on any atom is 0.277 e. The Kier molecular flexibility index (Phi) is 5.17. The number of amides is 1. The van der Waals surface area contributed by atoms with E-state index in [1.54, 1.807) is 7.05 Å². The summed E-state index contributed by atoms with van der Waals surface area (Å²) in [6.45, 7) is 0.798. The molecule has 88 valence electrons. The van der Waals surface area contributed by atoms with Crippen LogP contribution in [0.25, 0.3) is 0 Å². The molecule has 1 amide bonds. The van der Waals surface area contributed by atoms with Crippen molar-refractivity contribution in [3.05, 3.63) is 32.9 Å². The maximum atomic E-state index is 11.8. The molecule has 0 saturated heterocycles. The molecule has 0 radical (unpaired) electrons. The Morgan fingerprint density at radius 3 is 2.75 bits per heavy atom. The molecule has 0 heterocycles. The number of hydroxylamine groups is 2. The van der Waals surface area contributed by atoms with Crippen molar-refractivity contribution in [2.24, 2.45) is 0 Å². The molecule has 0 bridgehead atoms. The maximum absolute atomic E-state index is 11.8. The molecule has 1 rings (SSSR count). The number of halogens is 1. The molecular formula is C11H15IN2O2. The lowest BCUT2D eigenvalue weighted by molar-refractivity contribution is -0.0757. The second-order valence-corrected chi connectivity index (χ2v) is 4.48. The quantitative estimate of drug-likeness (QED) is 0.672. The Morgan fingerprint density at radius 1 is 1.56 bits per heavy atom. The van der Waals surface area contributed by atoms with Gasteiger partial charge in [0, 0.05) is 22.7 Å². The molecule has 1 aromatic rings. The number of rotatable bonds is 4. The van der Waals surface area contributed by atoms with Gasteiger partial charge >= 0.3 is 0 Å². The van der Waals surface area contributed by atoms with Crippen molar-refractivity contribution in [1.29, 1.82) is 0 Å². The van der Waals surface area contributed by atoms with E-state index in [0.29, 0.717) is 5.56 Å². The third-order valence-electron chi connectivity index (χ3n) is 2.23. The van der Waals surface area contributed by atoms with Gasteiger partial charge in [-0.2, -0.15) is 0 Å². The fourth-order valence-corrected chi connectivity index (χ4v) is 1.98. The average molecular weight is 334 g/mol. The number of nitrogens with one attached hydrogen (secondary N) is 1. The molecule has 4 nitrogen and oxygen atoms in total. The van der Waals surface area contributed by atoms with Crippen LogP contribution < -0.4 is 5.32 Å². The van der Waals surface area contributed by atoms with Crippen LogP contribution in [-0.4, -0.2) is 32.2 Å². The van der Waals surface area contributed by atoms with Crippen LogP contribution in [-0.2, 0) is 11.4 Å². The summed E-state index contributed by atoms with van der Waals surface area (Å²) >= 11 is 2.23. The van der Waals surface area contributed by atoms with Crippen LogP contribution in [0.5, 0.6) is 0 Å². The first-order chi connectivity index (χ1) is 7.60. The van der Waals surface area contributed by atoms with Crippen molar-refractivity contribution in [2.75, 3.05) is 21.2 Å². The summed E-state index contributed by atoms with van der Waals surface area (Å²) in [5, 5.41) is 4.29. The number of carbonyl (C=O) groups excluding carboxylic acids is 1. The van der Waals surface area contributed by atoms with Gasteiger partial charge in [0.2, 0.25) is 0 Å². The second-order valence-electron chi connectivity index (χ2n) is 3.32. The van der Waals surface area contributed by atoms with E-state index in [-0.39, 0.29) is 5.91 Å². The lowest BCUT2D eigenvalue weighted by Crippen LogP contribution is -2.25. The summed E-state index contributed by atoms with van der Waals surface area (Å²) in [5.74, 6) is -0.142. The predicted molar refractivity (Wildman–Crippen MR) is 71.0 cm³/mol. The van der Waals surface area contributed by atoms with E-state index in [1.165, 1.54) is 17.7 Å². The van der Waals surface area contributed by atoms with Gasteiger partial charge in [-0.3, -0.25) is 9.63 Å². The van der Waals surface area contributed by atoms with Crippen molar-refractivity contribution in [2.45, 2.75) is 6.54 Å². The highest BCUT2D eigenvalue weighted by molar-refractivity contribution is 14.1. The molecule has 1 N–H and O–H groups in total. The van der Waals surface area contributed by atoms with Gasteiger partial charge in [0.05, 0.1) is 7.11 Å². The first-order valence-corrected chi connectivity index (χ1v) is 5.93. The molecule has 1 aromatic carbocycles. The molecule has 5 heteroatoms. The van der Waals surface area contributed by atoms with Gasteiger partial charge in [-0.25, -0.2) is 5.06 Å². The fourth-order valence-electron chi connectivity index (χ4n) is 1.28. The number of carbonyl (C=O) groups is 1. The smallest absolute Gasteiger partial charge is 0.277 e. The number of hydrogen-bond donors (Lipinski definition) is 1. The zero-order valence-electron chi connectivity index (χ0n) is 9.58. The van der Waals surface area contributed by atoms with Crippen LogP contribution in [0.1, 0.15) is 15.9 Å². The monoisotopic (exact) mass is 334 g/mol. The second kappa shape index (κ2) is 6.17. The molecule has 0 aliphatic rings. The van der Waals surface area contributed by atoms with Crippen molar-refractivity contribution in [1.82, 2.24) is 10.4 Å². The third-order valence-corrected chi connectivity index (χ3v) is 3.23. The molecule has 0 aliphatic carbocycles. The minimum absolute atomic E-state index is 0.142. The number of nitrogens with zero attached hydrogens (tertiary/aromatic N) is 1. The lowest BCUT2D eigenvalue weighted by atomic mass is 10.1. The molecule has 0 aromatic heterocycles. The van der Waals surface area contributed by atoms with E-state index in [0.717, 1.165) is 10.1 Å². The zero-order valence-corrected chi connectivity index (χ0v) is 11.7. The van der Waals surface area contributed by atoms with Crippen LogP contribution in [0, 0.1) is 3.57 Å². The molecule has 0 unspecified atom stereocenters. The third kappa shape index (κ3) is 3.16. The summed E-state index contributed by atoms with van der Waals surface area (Å²) in [5.41, 5.74) is 1.81. The normalized spacial score (nSPS) is 10.2. The van der Waals surface area contributed by atoms with Gasteiger partial charge in [0.25, 0.3) is 5.91 Å². The van der Waals surface area contributed by atoms with Gasteiger partial charge in [0.1, 0.15) is 0 Å². The van der Waals surface area contributed by atoms with Crippen LogP contribution in [0.4, 0.5) is 0 Å². The van der Waals surface area contributed by atoms with Crippen LogP contribution in [0.15, 0.2) is 18.2 Å². The van der Waals surface area contributed by atoms with Crippen LogP contribution in [0.2, 0.25) is 0 Å². The first kappa shape index (κ1) is 13.4. The minimum Gasteiger partial charge on any atom is -0.316 e. The fraction of sp³-hybridized carbons (Fsp3) is 0.364. The highest BCUT2D eigenvalue weighted by atomic mass is 127. The molecule has 0 saturated carbocycles. The molecule has 0 aliphatic heterocycles. The number of hydrogen-bond acceptors (Lipinski definition) is 3. The zero-order chi connectivity index (χ0) is 12.1. The van der Waals surface area contributed by atoms with E-state index in [9.17, 15) is 4.79 Å². The highest BCUT2D eigenvalue weighted by Gasteiger charge is 2.12. The van der Waals surface area contributed by atoms with Crippen LogP contribution in [0.3, 0.4) is 0 Å². The summed E-state index contributed by atoms with van der Waals surface area (Å²) in [4.78, 5) is 16.6. The van der Waals surface area contributed by atoms with Gasteiger partial charge in [0.15, 0.2) is 0 Å². The lowest BCUT2D eigenvalue weighted by Gasteiger charge is -2.14. The van der Waals surface area contributed by atoms with Gasteiger partial charge < -0.3 is 5.32 Å². The Labute approximate surface area is 109 Å². The molecule has 0 fully saturated rings. The summed E-state index contributed by atoms with van der Waals surface area (Å²) in [6.07, 6.45) is 0. The molecular weight excluding hydrogens is 319 g/mol. The van der Waals surface area contributed by atoms with E-state index in [4.69, 9.17) is 4.84 Å². The summed E-state index contributed by atoms with van der Waals surface area (Å²) < 4.78 is 1.07.